The zero-order chi connectivity index (χ0) is 13.2. The Morgan fingerprint density at radius 2 is 1.89 bits per heavy atom. The number of phenols is 1. The summed E-state index contributed by atoms with van der Waals surface area (Å²) in [7, 11) is 0. The van der Waals surface area contributed by atoms with Gasteiger partial charge in [0.25, 0.3) is 0 Å². The molecule has 0 radical (unpaired) electrons. The Labute approximate surface area is 109 Å². The van der Waals surface area contributed by atoms with Gasteiger partial charge in [-0.15, -0.1) is 0 Å². The summed E-state index contributed by atoms with van der Waals surface area (Å²) >= 11 is 0. The van der Waals surface area contributed by atoms with Crippen LogP contribution in [0.1, 0.15) is 39.2 Å². The van der Waals surface area contributed by atoms with Crippen LogP contribution < -0.4 is 0 Å². The van der Waals surface area contributed by atoms with Gasteiger partial charge in [0.15, 0.2) is 0 Å². The number of aromatic hydroxyl groups is 1. The lowest BCUT2D eigenvalue weighted by atomic mass is 9.83. The molecule has 18 heavy (non-hydrogen) atoms. The van der Waals surface area contributed by atoms with Gasteiger partial charge in [-0.25, -0.2) is 0 Å². The molecule has 0 aliphatic carbocycles. The topological polar surface area (TPSA) is 20.2 Å². The van der Waals surface area contributed by atoms with Crippen molar-refractivity contribution in [3.8, 4) is 5.75 Å². The van der Waals surface area contributed by atoms with Gasteiger partial charge in [-0.3, -0.25) is 0 Å². The van der Waals surface area contributed by atoms with Crippen molar-refractivity contribution < 1.29 is 5.11 Å². The second-order valence-electron chi connectivity index (χ2n) is 5.84. The average Bonchev–Trinajstić information content (AvgIpc) is 2.36. The summed E-state index contributed by atoms with van der Waals surface area (Å²) in [6, 6.07) is 12.0. The van der Waals surface area contributed by atoms with Crippen molar-refractivity contribution in [2.24, 2.45) is 5.41 Å². The number of hydrogen-bond acceptors (Lipinski definition) is 1. The van der Waals surface area contributed by atoms with E-state index in [9.17, 15) is 5.11 Å². The van der Waals surface area contributed by atoms with Crippen LogP contribution in [0.3, 0.4) is 0 Å². The zero-order valence-electron chi connectivity index (χ0n) is 11.5. The maximum Gasteiger partial charge on any atom is 0.116 e. The van der Waals surface area contributed by atoms with Crippen LogP contribution >= 0.6 is 0 Å². The predicted molar refractivity (Wildman–Crippen MR) is 78.0 cm³/mol. The van der Waals surface area contributed by atoms with Crippen LogP contribution in [0.15, 0.2) is 36.4 Å². The molecule has 0 heterocycles. The van der Waals surface area contributed by atoms with Crippen molar-refractivity contribution >= 4 is 10.8 Å². The number of hydrogen-bond donors (Lipinski definition) is 1. The van der Waals surface area contributed by atoms with Gasteiger partial charge < -0.3 is 5.11 Å². The summed E-state index contributed by atoms with van der Waals surface area (Å²) in [5.41, 5.74) is 1.73. The quantitative estimate of drug-likeness (QED) is 0.807. The standard InChI is InChI=1S/C17H22O/c1-4-17(2,3)11-10-14-7-5-6-13-8-9-15(18)12-16(13)14/h5-9,12,18H,4,10-11H2,1-3H3. The Kier molecular flexibility index (Phi) is 3.60. The Hall–Kier alpha value is -1.50. The van der Waals surface area contributed by atoms with Crippen molar-refractivity contribution in [3.05, 3.63) is 42.0 Å². The lowest BCUT2D eigenvalue weighted by molar-refractivity contribution is 0.323. The normalized spacial score (nSPS) is 11.9. The molecule has 1 N–H and O–H groups in total. The first kappa shape index (κ1) is 12.9. The van der Waals surface area contributed by atoms with E-state index in [1.165, 1.54) is 29.2 Å². The molecule has 0 saturated heterocycles. The van der Waals surface area contributed by atoms with Crippen LogP contribution in [0, 0.1) is 5.41 Å². The van der Waals surface area contributed by atoms with Crippen LogP contribution in [0.5, 0.6) is 5.75 Å². The lowest BCUT2D eigenvalue weighted by Crippen LogP contribution is -2.10. The van der Waals surface area contributed by atoms with E-state index < -0.39 is 0 Å². The first-order chi connectivity index (χ1) is 8.52. The maximum absolute atomic E-state index is 9.63. The molecule has 0 saturated carbocycles. The molecule has 0 aliphatic heterocycles. The van der Waals surface area contributed by atoms with Gasteiger partial charge in [0.1, 0.15) is 5.75 Å². The molecule has 0 spiro atoms. The van der Waals surface area contributed by atoms with E-state index in [1.807, 2.05) is 12.1 Å². The number of phenolic OH excluding ortho intramolecular Hbond substituents is 1. The van der Waals surface area contributed by atoms with Crippen LogP contribution in [-0.2, 0) is 6.42 Å². The molecule has 2 rings (SSSR count). The van der Waals surface area contributed by atoms with Crippen molar-refractivity contribution in [1.29, 1.82) is 0 Å². The van der Waals surface area contributed by atoms with Crippen LogP contribution in [0.25, 0.3) is 10.8 Å². The van der Waals surface area contributed by atoms with E-state index in [0.29, 0.717) is 11.2 Å². The third-order valence-corrected chi connectivity index (χ3v) is 3.98. The molecule has 2 aromatic carbocycles. The molecule has 1 heteroatoms. The van der Waals surface area contributed by atoms with Crippen LogP contribution in [-0.4, -0.2) is 5.11 Å². The molecular formula is C17H22O. The highest BCUT2D eigenvalue weighted by Gasteiger charge is 2.15. The smallest absolute Gasteiger partial charge is 0.116 e. The summed E-state index contributed by atoms with van der Waals surface area (Å²) in [6.07, 6.45) is 3.45. The van der Waals surface area contributed by atoms with Gasteiger partial charge in [-0.1, -0.05) is 51.5 Å². The average molecular weight is 242 g/mol. The Balaban J connectivity index is 2.30. The van der Waals surface area contributed by atoms with E-state index in [2.05, 4.69) is 39.0 Å². The fourth-order valence-corrected chi connectivity index (χ4v) is 2.19. The SMILES string of the molecule is CCC(C)(C)CCc1cccc2ccc(O)cc12. The minimum atomic E-state index is 0.352. The van der Waals surface area contributed by atoms with Crippen molar-refractivity contribution in [2.75, 3.05) is 0 Å². The molecule has 0 aromatic heterocycles. The summed E-state index contributed by atoms with van der Waals surface area (Å²) < 4.78 is 0. The molecule has 96 valence electrons. The Morgan fingerprint density at radius 3 is 2.61 bits per heavy atom. The fraction of sp³-hybridized carbons (Fsp3) is 0.412. The zero-order valence-corrected chi connectivity index (χ0v) is 11.5. The minimum absolute atomic E-state index is 0.352. The van der Waals surface area contributed by atoms with Crippen molar-refractivity contribution in [2.45, 2.75) is 40.0 Å². The molecule has 0 unspecified atom stereocenters. The summed E-state index contributed by atoms with van der Waals surface area (Å²) in [6.45, 7) is 6.88. The molecule has 0 amide bonds. The summed E-state index contributed by atoms with van der Waals surface area (Å²) in [5, 5.41) is 12.0. The van der Waals surface area contributed by atoms with Gasteiger partial charge >= 0.3 is 0 Å². The van der Waals surface area contributed by atoms with Crippen molar-refractivity contribution in [1.82, 2.24) is 0 Å². The third-order valence-electron chi connectivity index (χ3n) is 3.98. The number of fused-ring (bicyclic) bond motifs is 1. The first-order valence-corrected chi connectivity index (χ1v) is 6.72. The highest BCUT2D eigenvalue weighted by Crippen LogP contribution is 2.29. The minimum Gasteiger partial charge on any atom is -0.508 e. The third kappa shape index (κ3) is 2.84. The fourth-order valence-electron chi connectivity index (χ4n) is 2.19. The molecule has 0 fully saturated rings. The second kappa shape index (κ2) is 5.01. The monoisotopic (exact) mass is 242 g/mol. The molecule has 0 bridgehead atoms. The van der Waals surface area contributed by atoms with E-state index >= 15 is 0 Å². The lowest BCUT2D eigenvalue weighted by Gasteiger charge is -2.22. The molecule has 1 nitrogen and oxygen atoms in total. The van der Waals surface area contributed by atoms with E-state index in [1.54, 1.807) is 6.07 Å². The van der Waals surface area contributed by atoms with Crippen LogP contribution in [0.2, 0.25) is 0 Å². The van der Waals surface area contributed by atoms with Gasteiger partial charge in [-0.2, -0.15) is 0 Å². The second-order valence-corrected chi connectivity index (χ2v) is 5.84. The van der Waals surface area contributed by atoms with E-state index in [4.69, 9.17) is 0 Å². The van der Waals surface area contributed by atoms with Crippen molar-refractivity contribution in [3.63, 3.8) is 0 Å². The van der Waals surface area contributed by atoms with Gasteiger partial charge in [0.05, 0.1) is 0 Å². The van der Waals surface area contributed by atoms with Gasteiger partial charge in [0, 0.05) is 0 Å². The highest BCUT2D eigenvalue weighted by molar-refractivity contribution is 5.86. The van der Waals surface area contributed by atoms with E-state index in [0.717, 1.165) is 6.42 Å². The predicted octanol–water partition coefficient (Wildman–Crippen LogP) is 4.91. The molecule has 0 aliphatic rings. The molecular weight excluding hydrogens is 220 g/mol. The van der Waals surface area contributed by atoms with Gasteiger partial charge in [-0.05, 0) is 46.7 Å². The number of aryl methyl sites for hydroxylation is 1. The van der Waals surface area contributed by atoms with E-state index in [-0.39, 0.29) is 0 Å². The summed E-state index contributed by atoms with van der Waals surface area (Å²) in [5.74, 6) is 0.352. The van der Waals surface area contributed by atoms with Gasteiger partial charge in [0.2, 0.25) is 0 Å². The highest BCUT2D eigenvalue weighted by atomic mass is 16.3. The summed E-state index contributed by atoms with van der Waals surface area (Å²) in [4.78, 5) is 0. The maximum atomic E-state index is 9.63. The Bertz CT molecular complexity index is 540. The number of rotatable bonds is 4. The first-order valence-electron chi connectivity index (χ1n) is 6.72. The molecule has 0 atom stereocenters. The molecule has 2 aromatic rings. The Morgan fingerprint density at radius 1 is 1.11 bits per heavy atom. The van der Waals surface area contributed by atoms with Crippen LogP contribution in [0.4, 0.5) is 0 Å². The largest absolute Gasteiger partial charge is 0.508 e. The number of benzene rings is 2.